The molecule has 1 nitrogen and oxygen atoms in total. The molecule has 0 N–H and O–H groups in total. The van der Waals surface area contributed by atoms with Crippen LogP contribution in [0.3, 0.4) is 0 Å². The van der Waals surface area contributed by atoms with Crippen LogP contribution in [0.25, 0.3) is 11.0 Å². The quantitative estimate of drug-likeness (QED) is 0.517. The van der Waals surface area contributed by atoms with Crippen molar-refractivity contribution in [1.29, 1.82) is 0 Å². The van der Waals surface area contributed by atoms with Crippen LogP contribution in [0.15, 0.2) is 33.2 Å². The highest BCUT2D eigenvalue weighted by Gasteiger charge is 2.11. The summed E-state index contributed by atoms with van der Waals surface area (Å²) in [5.41, 5.74) is 4.19. The molecule has 0 aliphatic rings. The largest absolute Gasteiger partial charge is 0.447 e. The van der Waals surface area contributed by atoms with Crippen LogP contribution >= 0.6 is 15.9 Å². The van der Waals surface area contributed by atoms with E-state index < -0.39 is 8.07 Å². The predicted octanol–water partition coefficient (Wildman–Crippen LogP) is 4.42. The van der Waals surface area contributed by atoms with E-state index in [1.165, 1.54) is 0 Å². The summed E-state index contributed by atoms with van der Waals surface area (Å²) in [6.07, 6.45) is 0. The van der Waals surface area contributed by atoms with Crippen molar-refractivity contribution < 1.29 is 4.42 Å². The molecule has 0 radical (unpaired) electrons. The molecule has 0 saturated heterocycles. The van der Waals surface area contributed by atoms with Crippen molar-refractivity contribution in [3.8, 4) is 11.5 Å². The number of rotatable bonds is 0. The summed E-state index contributed by atoms with van der Waals surface area (Å²) in [5, 5.41) is 1.09. The molecule has 0 fully saturated rings. The van der Waals surface area contributed by atoms with Gasteiger partial charge in [-0.3, -0.25) is 0 Å². The Morgan fingerprint density at radius 2 is 1.88 bits per heavy atom. The smallest absolute Gasteiger partial charge is 0.191 e. The third-order valence-corrected chi connectivity index (χ3v) is 3.75. The zero-order chi connectivity index (χ0) is 11.8. The summed E-state index contributed by atoms with van der Waals surface area (Å²) in [7, 11) is -1.35. The average molecular weight is 293 g/mol. The zero-order valence-corrected chi connectivity index (χ0v) is 12.2. The fraction of sp³-hybridized carbons (Fsp3) is 0.231. The lowest BCUT2D eigenvalue weighted by atomic mass is 10.2. The SMILES string of the molecule is C[Si](C)(C)C#Cc1oc2ccccc2c1Br. The molecule has 1 heterocycles. The Labute approximate surface area is 105 Å². The first-order chi connectivity index (χ1) is 7.47. The van der Waals surface area contributed by atoms with Crippen LogP contribution in [0.1, 0.15) is 5.76 Å². The summed E-state index contributed by atoms with van der Waals surface area (Å²) in [4.78, 5) is 0. The summed E-state index contributed by atoms with van der Waals surface area (Å²) in [6, 6.07) is 7.95. The number of halogens is 1. The zero-order valence-electron chi connectivity index (χ0n) is 9.60. The van der Waals surface area contributed by atoms with Gasteiger partial charge in [0.2, 0.25) is 0 Å². The Bertz CT molecular complexity index is 581. The van der Waals surface area contributed by atoms with Gasteiger partial charge in [-0.2, -0.15) is 0 Å². The van der Waals surface area contributed by atoms with Gasteiger partial charge in [0.05, 0.1) is 4.47 Å². The third-order valence-electron chi connectivity index (χ3n) is 2.09. The summed E-state index contributed by atoms with van der Waals surface area (Å²) in [6.45, 7) is 6.66. The highest BCUT2D eigenvalue weighted by Crippen LogP contribution is 2.29. The third kappa shape index (κ3) is 2.39. The van der Waals surface area contributed by atoms with E-state index >= 15 is 0 Å². The monoisotopic (exact) mass is 292 g/mol. The molecule has 82 valence electrons. The van der Waals surface area contributed by atoms with Gasteiger partial charge in [0.25, 0.3) is 0 Å². The predicted molar refractivity (Wildman–Crippen MR) is 74.1 cm³/mol. The minimum absolute atomic E-state index is 0.739. The number of hydrogen-bond donors (Lipinski definition) is 0. The van der Waals surface area contributed by atoms with Crippen LogP contribution in [0.2, 0.25) is 19.6 Å². The molecule has 1 aromatic carbocycles. The molecule has 1 aromatic heterocycles. The Morgan fingerprint density at radius 1 is 1.19 bits per heavy atom. The minimum Gasteiger partial charge on any atom is -0.447 e. The van der Waals surface area contributed by atoms with Gasteiger partial charge in [-0.25, -0.2) is 0 Å². The van der Waals surface area contributed by atoms with E-state index in [9.17, 15) is 0 Å². The van der Waals surface area contributed by atoms with Gasteiger partial charge in [0.15, 0.2) is 5.76 Å². The van der Waals surface area contributed by atoms with E-state index in [-0.39, 0.29) is 0 Å². The first-order valence-corrected chi connectivity index (χ1v) is 9.47. The van der Waals surface area contributed by atoms with Crippen LogP contribution < -0.4 is 0 Å². The maximum atomic E-state index is 5.70. The molecular formula is C13H13BrOSi. The van der Waals surface area contributed by atoms with Gasteiger partial charge in [-0.05, 0) is 34.0 Å². The molecule has 2 rings (SSSR count). The summed E-state index contributed by atoms with van der Waals surface area (Å²) in [5.74, 6) is 3.88. The normalized spacial score (nSPS) is 11.2. The van der Waals surface area contributed by atoms with E-state index in [0.29, 0.717) is 0 Å². The first-order valence-electron chi connectivity index (χ1n) is 5.17. The van der Waals surface area contributed by atoms with Gasteiger partial charge in [0.1, 0.15) is 13.7 Å². The minimum atomic E-state index is -1.35. The lowest BCUT2D eigenvalue weighted by Gasteiger charge is -2.02. The molecule has 0 saturated carbocycles. The lowest BCUT2D eigenvalue weighted by molar-refractivity contribution is 0.599. The Hall–Kier alpha value is -0.983. The van der Waals surface area contributed by atoms with Gasteiger partial charge < -0.3 is 4.42 Å². The number of furan rings is 1. The van der Waals surface area contributed by atoms with Crippen molar-refractivity contribution in [1.82, 2.24) is 0 Å². The standard InChI is InChI=1S/C13H13BrOSi/c1-16(2,3)9-8-12-13(14)10-6-4-5-7-11(10)15-12/h4-7H,1-3H3. The van der Waals surface area contributed by atoms with Crippen molar-refractivity contribution in [3.05, 3.63) is 34.5 Å². The van der Waals surface area contributed by atoms with Gasteiger partial charge in [-0.15, -0.1) is 5.54 Å². The highest BCUT2D eigenvalue weighted by atomic mass is 79.9. The van der Waals surface area contributed by atoms with E-state index in [1.54, 1.807) is 0 Å². The van der Waals surface area contributed by atoms with E-state index in [0.717, 1.165) is 21.2 Å². The van der Waals surface area contributed by atoms with Crippen molar-refractivity contribution in [2.75, 3.05) is 0 Å². The van der Waals surface area contributed by atoms with E-state index in [4.69, 9.17) is 4.42 Å². The first kappa shape index (κ1) is 11.5. The van der Waals surface area contributed by atoms with Crippen LogP contribution in [0, 0.1) is 11.5 Å². The van der Waals surface area contributed by atoms with Gasteiger partial charge in [-0.1, -0.05) is 31.8 Å². The van der Waals surface area contributed by atoms with Crippen LogP contribution in [0.5, 0.6) is 0 Å². The van der Waals surface area contributed by atoms with Gasteiger partial charge >= 0.3 is 0 Å². The fourth-order valence-corrected chi connectivity index (χ4v) is 2.33. The molecule has 0 amide bonds. The summed E-state index contributed by atoms with van der Waals surface area (Å²) < 4.78 is 6.66. The molecule has 2 aromatic rings. The number of fused-ring (bicyclic) bond motifs is 1. The maximum Gasteiger partial charge on any atom is 0.191 e. The lowest BCUT2D eigenvalue weighted by Crippen LogP contribution is -2.16. The Kier molecular flexibility index (Phi) is 2.96. The topological polar surface area (TPSA) is 13.1 Å². The molecule has 0 unspecified atom stereocenters. The molecule has 0 aliphatic heterocycles. The average Bonchev–Trinajstić information content (AvgIpc) is 2.53. The van der Waals surface area contributed by atoms with Crippen molar-refractivity contribution in [2.45, 2.75) is 19.6 Å². The van der Waals surface area contributed by atoms with Crippen molar-refractivity contribution in [3.63, 3.8) is 0 Å². The molecular weight excluding hydrogens is 280 g/mol. The molecule has 0 bridgehead atoms. The van der Waals surface area contributed by atoms with Crippen LogP contribution in [-0.4, -0.2) is 8.07 Å². The molecule has 0 aliphatic carbocycles. The number of hydrogen-bond acceptors (Lipinski definition) is 1. The fourth-order valence-electron chi connectivity index (χ4n) is 1.34. The highest BCUT2D eigenvalue weighted by molar-refractivity contribution is 9.10. The van der Waals surface area contributed by atoms with Crippen molar-refractivity contribution >= 4 is 35.0 Å². The second-order valence-corrected chi connectivity index (χ2v) is 10.3. The molecule has 0 spiro atoms. The second kappa shape index (κ2) is 4.12. The molecule has 0 atom stereocenters. The molecule has 16 heavy (non-hydrogen) atoms. The van der Waals surface area contributed by atoms with E-state index in [1.807, 2.05) is 24.3 Å². The van der Waals surface area contributed by atoms with Crippen molar-refractivity contribution in [2.24, 2.45) is 0 Å². The number of para-hydroxylation sites is 1. The Balaban J connectivity index is 2.53. The summed E-state index contributed by atoms with van der Waals surface area (Å²) >= 11 is 3.54. The Morgan fingerprint density at radius 3 is 2.50 bits per heavy atom. The second-order valence-electron chi connectivity index (χ2n) is 4.74. The maximum absolute atomic E-state index is 5.70. The molecule has 3 heteroatoms. The van der Waals surface area contributed by atoms with Crippen LogP contribution in [0.4, 0.5) is 0 Å². The van der Waals surface area contributed by atoms with E-state index in [2.05, 4.69) is 47.0 Å². The van der Waals surface area contributed by atoms with Gasteiger partial charge in [0, 0.05) is 5.39 Å². The van der Waals surface area contributed by atoms with Crippen LogP contribution in [-0.2, 0) is 0 Å². The number of benzene rings is 1.